The van der Waals surface area contributed by atoms with Gasteiger partial charge in [-0.3, -0.25) is 9.59 Å². The van der Waals surface area contributed by atoms with E-state index in [1.807, 2.05) is 34.5 Å². The number of amides is 2. The molecule has 0 bridgehead atoms. The Morgan fingerprint density at radius 3 is 2.48 bits per heavy atom. The lowest BCUT2D eigenvalue weighted by Crippen LogP contribution is -2.49. The molecule has 2 amide bonds. The topological polar surface area (TPSA) is 65.5 Å². The van der Waals surface area contributed by atoms with E-state index >= 15 is 0 Å². The number of hydrogen-bond donors (Lipinski definition) is 1. The monoisotopic (exact) mass is 480 g/mol. The third kappa shape index (κ3) is 6.15. The minimum absolute atomic E-state index is 0.0896. The average molecular weight is 481 g/mol. The van der Waals surface area contributed by atoms with Crippen molar-refractivity contribution in [3.63, 3.8) is 0 Å². The van der Waals surface area contributed by atoms with Crippen LogP contribution >= 0.6 is 23.1 Å². The molecule has 3 aromatic rings. The second kappa shape index (κ2) is 10.9. The number of anilines is 2. The first-order valence-corrected chi connectivity index (χ1v) is 13.0. The minimum atomic E-state index is -0.136. The summed E-state index contributed by atoms with van der Waals surface area (Å²) in [6, 6.07) is 16.5. The number of thiazole rings is 1. The number of nitrogens with one attached hydrogen (secondary N) is 1. The Balaban J connectivity index is 1.19. The van der Waals surface area contributed by atoms with Gasteiger partial charge in [-0.05, 0) is 43.2 Å². The largest absolute Gasteiger partial charge is 0.368 e. The lowest BCUT2D eigenvalue weighted by atomic mass is 10.1. The summed E-state index contributed by atoms with van der Waals surface area (Å²) in [5, 5.41) is 5.38. The van der Waals surface area contributed by atoms with Crippen LogP contribution in [0.4, 0.5) is 10.8 Å². The zero-order valence-electron chi connectivity index (χ0n) is 18.9. The van der Waals surface area contributed by atoms with E-state index in [4.69, 9.17) is 0 Å². The number of aryl methyl sites for hydroxylation is 2. The fourth-order valence-corrected chi connectivity index (χ4v) is 5.15. The molecule has 4 rings (SSSR count). The molecule has 6 nitrogen and oxygen atoms in total. The van der Waals surface area contributed by atoms with Crippen LogP contribution in [0.3, 0.4) is 0 Å². The molecule has 33 heavy (non-hydrogen) atoms. The summed E-state index contributed by atoms with van der Waals surface area (Å²) in [4.78, 5) is 33.6. The number of thioether (sulfide) groups is 1. The summed E-state index contributed by atoms with van der Waals surface area (Å²) in [5.74, 6) is 0.494. The zero-order valence-corrected chi connectivity index (χ0v) is 20.5. The molecule has 0 aliphatic carbocycles. The predicted octanol–water partition coefficient (Wildman–Crippen LogP) is 4.45. The maximum Gasteiger partial charge on any atom is 0.236 e. The summed E-state index contributed by atoms with van der Waals surface area (Å²) in [7, 11) is 0. The highest BCUT2D eigenvalue weighted by molar-refractivity contribution is 8.00. The highest BCUT2D eigenvalue weighted by Crippen LogP contribution is 2.26. The van der Waals surface area contributed by atoms with E-state index in [0.717, 1.165) is 24.3 Å². The van der Waals surface area contributed by atoms with Crippen molar-refractivity contribution in [1.29, 1.82) is 0 Å². The van der Waals surface area contributed by atoms with Gasteiger partial charge in [-0.15, -0.1) is 23.1 Å². The third-order valence-corrected chi connectivity index (χ3v) is 7.44. The molecular weight excluding hydrogens is 452 g/mol. The first-order chi connectivity index (χ1) is 16.0. The van der Waals surface area contributed by atoms with Gasteiger partial charge >= 0.3 is 0 Å². The Bertz CT molecular complexity index is 1110. The Kier molecular flexibility index (Phi) is 7.67. The van der Waals surface area contributed by atoms with Gasteiger partial charge in [0.1, 0.15) is 0 Å². The predicted molar refractivity (Wildman–Crippen MR) is 138 cm³/mol. The van der Waals surface area contributed by atoms with Gasteiger partial charge in [0.25, 0.3) is 0 Å². The average Bonchev–Trinajstić information content (AvgIpc) is 3.30. The van der Waals surface area contributed by atoms with Crippen LogP contribution in [-0.2, 0) is 9.59 Å². The van der Waals surface area contributed by atoms with E-state index in [0.29, 0.717) is 24.0 Å². The van der Waals surface area contributed by atoms with Crippen LogP contribution in [0.25, 0.3) is 11.3 Å². The van der Waals surface area contributed by atoms with Gasteiger partial charge in [-0.1, -0.05) is 30.3 Å². The van der Waals surface area contributed by atoms with E-state index < -0.39 is 0 Å². The lowest BCUT2D eigenvalue weighted by molar-refractivity contribution is -0.128. The molecule has 2 heterocycles. The van der Waals surface area contributed by atoms with Crippen molar-refractivity contribution in [2.45, 2.75) is 13.8 Å². The Morgan fingerprint density at radius 1 is 1.00 bits per heavy atom. The van der Waals surface area contributed by atoms with Gasteiger partial charge < -0.3 is 15.1 Å². The molecule has 0 atom stereocenters. The summed E-state index contributed by atoms with van der Waals surface area (Å²) < 4.78 is 0. The van der Waals surface area contributed by atoms with Gasteiger partial charge in [0.2, 0.25) is 11.8 Å². The van der Waals surface area contributed by atoms with Crippen molar-refractivity contribution in [3.05, 3.63) is 65.0 Å². The molecule has 0 spiro atoms. The van der Waals surface area contributed by atoms with Gasteiger partial charge in [0.15, 0.2) is 5.13 Å². The normalized spacial score (nSPS) is 13.8. The molecular formula is C25H28N4O2S2. The summed E-state index contributed by atoms with van der Waals surface area (Å²) >= 11 is 2.76. The molecule has 1 N–H and O–H groups in total. The van der Waals surface area contributed by atoms with Crippen molar-refractivity contribution >= 4 is 45.7 Å². The van der Waals surface area contributed by atoms with Gasteiger partial charge in [0, 0.05) is 42.8 Å². The number of carbonyl (C=O) groups is 2. The number of hydrogen-bond acceptors (Lipinski definition) is 6. The van der Waals surface area contributed by atoms with Crippen molar-refractivity contribution in [2.75, 3.05) is 47.9 Å². The van der Waals surface area contributed by atoms with E-state index in [1.54, 1.807) is 0 Å². The Labute approximate surface area is 203 Å². The van der Waals surface area contributed by atoms with Crippen molar-refractivity contribution in [1.82, 2.24) is 9.88 Å². The summed E-state index contributed by atoms with van der Waals surface area (Å²) in [6.07, 6.45) is 0. The quantitative estimate of drug-likeness (QED) is 0.541. The number of rotatable bonds is 7. The second-order valence-electron chi connectivity index (χ2n) is 8.08. The number of piperazine rings is 1. The molecule has 1 aliphatic heterocycles. The standard InChI is InChI=1S/C25H28N4O2S2/c1-18-8-9-20(14-19(18)2)22-15-33-25(26-22)27-23(30)16-32-17-24(31)29-12-10-28(11-13-29)21-6-4-3-5-7-21/h3-9,14-15H,10-13,16-17H2,1-2H3,(H,26,27,30). The number of para-hydroxylation sites is 1. The second-order valence-corrected chi connectivity index (χ2v) is 9.92. The number of aromatic nitrogens is 1. The van der Waals surface area contributed by atoms with Gasteiger partial charge in [-0.2, -0.15) is 0 Å². The van der Waals surface area contributed by atoms with Crippen LogP contribution in [0.15, 0.2) is 53.9 Å². The fourth-order valence-electron chi connectivity index (χ4n) is 3.70. The van der Waals surface area contributed by atoms with Crippen molar-refractivity contribution in [3.8, 4) is 11.3 Å². The maximum absolute atomic E-state index is 12.5. The molecule has 172 valence electrons. The van der Waals surface area contributed by atoms with Crippen LogP contribution in [0, 0.1) is 13.8 Å². The van der Waals surface area contributed by atoms with Gasteiger partial charge in [-0.25, -0.2) is 4.98 Å². The molecule has 1 aliphatic rings. The van der Waals surface area contributed by atoms with Crippen molar-refractivity contribution in [2.24, 2.45) is 0 Å². The molecule has 0 radical (unpaired) electrons. The molecule has 8 heteroatoms. The Morgan fingerprint density at radius 2 is 1.76 bits per heavy atom. The first-order valence-electron chi connectivity index (χ1n) is 11.0. The fraction of sp³-hybridized carbons (Fsp3) is 0.320. The molecule has 0 saturated carbocycles. The Hall–Kier alpha value is -2.84. The van der Waals surface area contributed by atoms with Crippen LogP contribution in [0.1, 0.15) is 11.1 Å². The first kappa shape index (κ1) is 23.3. The molecule has 1 saturated heterocycles. The molecule has 1 fully saturated rings. The summed E-state index contributed by atoms with van der Waals surface area (Å²) in [6.45, 7) is 7.23. The SMILES string of the molecule is Cc1ccc(-c2csc(NC(=O)CSCC(=O)N3CCN(c4ccccc4)CC3)n2)cc1C. The van der Waals surface area contributed by atoms with Crippen molar-refractivity contribution < 1.29 is 9.59 Å². The third-order valence-electron chi connectivity index (χ3n) is 5.77. The number of carbonyl (C=O) groups excluding carboxylic acids is 2. The number of nitrogens with zero attached hydrogens (tertiary/aromatic N) is 3. The van der Waals surface area contributed by atoms with Crippen LogP contribution < -0.4 is 10.2 Å². The number of benzene rings is 2. The van der Waals surface area contributed by atoms with E-state index in [2.05, 4.69) is 53.3 Å². The highest BCUT2D eigenvalue weighted by Gasteiger charge is 2.21. The highest BCUT2D eigenvalue weighted by atomic mass is 32.2. The summed E-state index contributed by atoms with van der Waals surface area (Å²) in [5.41, 5.74) is 5.55. The van der Waals surface area contributed by atoms with Crippen LogP contribution in [0.5, 0.6) is 0 Å². The van der Waals surface area contributed by atoms with Gasteiger partial charge in [0.05, 0.1) is 17.2 Å². The lowest BCUT2D eigenvalue weighted by Gasteiger charge is -2.36. The van der Waals surface area contributed by atoms with Crippen LogP contribution in [-0.4, -0.2) is 59.4 Å². The van der Waals surface area contributed by atoms with Crippen LogP contribution in [0.2, 0.25) is 0 Å². The zero-order chi connectivity index (χ0) is 23.2. The van der Waals surface area contributed by atoms with E-state index in [-0.39, 0.29) is 17.6 Å². The molecule has 2 aromatic carbocycles. The van der Waals surface area contributed by atoms with E-state index in [1.165, 1.54) is 39.9 Å². The molecule has 1 aromatic heterocycles. The van der Waals surface area contributed by atoms with E-state index in [9.17, 15) is 9.59 Å². The minimum Gasteiger partial charge on any atom is -0.368 e. The maximum atomic E-state index is 12.5. The molecule has 0 unspecified atom stereocenters. The smallest absolute Gasteiger partial charge is 0.236 e.